The van der Waals surface area contributed by atoms with Crippen molar-refractivity contribution in [2.45, 2.75) is 5.92 Å². The maximum Gasteiger partial charge on any atom is 0.117 e. The Morgan fingerprint density at radius 1 is 1.05 bits per heavy atom. The van der Waals surface area contributed by atoms with E-state index in [1.807, 2.05) is 36.4 Å². The van der Waals surface area contributed by atoms with Crippen LogP contribution < -0.4 is 16.8 Å². The van der Waals surface area contributed by atoms with Crippen molar-refractivity contribution in [3.8, 4) is 12.1 Å². The lowest BCUT2D eigenvalue weighted by Gasteiger charge is -2.25. The molecule has 0 atom stereocenters. The Hall–Kier alpha value is -2.44. The van der Waals surface area contributed by atoms with Gasteiger partial charge in [-0.25, -0.2) is 0 Å². The van der Waals surface area contributed by atoms with Gasteiger partial charge < -0.3 is 16.8 Å². The SMILES string of the molecule is N#CC1=C(N)NC(N)=C(C#N)C1c1ccccc1Br. The molecule has 1 aromatic carbocycles. The zero-order chi connectivity index (χ0) is 14.0. The summed E-state index contributed by atoms with van der Waals surface area (Å²) in [7, 11) is 0. The zero-order valence-corrected chi connectivity index (χ0v) is 11.4. The molecule has 94 valence electrons. The van der Waals surface area contributed by atoms with Crippen molar-refractivity contribution in [3.63, 3.8) is 0 Å². The maximum absolute atomic E-state index is 9.27. The van der Waals surface area contributed by atoms with Crippen LogP contribution in [0.3, 0.4) is 0 Å². The predicted octanol–water partition coefficient (Wildman–Crippen LogP) is 1.52. The molecule has 0 bridgehead atoms. The molecule has 0 radical (unpaired) electrons. The van der Waals surface area contributed by atoms with Gasteiger partial charge in [0.15, 0.2) is 0 Å². The van der Waals surface area contributed by atoms with E-state index in [9.17, 15) is 10.5 Å². The maximum atomic E-state index is 9.27. The summed E-state index contributed by atoms with van der Waals surface area (Å²) in [6, 6.07) is 11.4. The zero-order valence-electron chi connectivity index (χ0n) is 9.81. The Balaban J connectivity index is 2.69. The molecule has 0 spiro atoms. The smallest absolute Gasteiger partial charge is 0.117 e. The van der Waals surface area contributed by atoms with E-state index in [1.54, 1.807) is 0 Å². The van der Waals surface area contributed by atoms with Crippen molar-refractivity contribution in [1.82, 2.24) is 5.32 Å². The fraction of sp³-hybridized carbons (Fsp3) is 0.0769. The fourth-order valence-corrected chi connectivity index (χ4v) is 2.52. The van der Waals surface area contributed by atoms with Gasteiger partial charge in [-0.1, -0.05) is 34.1 Å². The Kier molecular flexibility index (Phi) is 3.46. The van der Waals surface area contributed by atoms with E-state index in [2.05, 4.69) is 21.2 Å². The quantitative estimate of drug-likeness (QED) is 0.727. The normalized spacial score (nSPS) is 15.7. The molecule has 6 heteroatoms. The molecule has 0 unspecified atom stereocenters. The third kappa shape index (κ3) is 2.14. The largest absolute Gasteiger partial charge is 0.384 e. The summed E-state index contributed by atoms with van der Waals surface area (Å²) in [6.07, 6.45) is 0. The molecule has 1 aliphatic rings. The predicted molar refractivity (Wildman–Crippen MR) is 73.7 cm³/mol. The minimum atomic E-state index is -0.549. The van der Waals surface area contributed by atoms with Crippen molar-refractivity contribution in [3.05, 3.63) is 57.1 Å². The number of halogens is 1. The number of allylic oxidation sites excluding steroid dienone is 2. The molecule has 1 heterocycles. The lowest BCUT2D eigenvalue weighted by molar-refractivity contribution is 0.791. The molecule has 0 aromatic heterocycles. The number of nitrogens with two attached hydrogens (primary N) is 2. The number of nitrogens with zero attached hydrogens (tertiary/aromatic N) is 2. The number of hydrogen-bond acceptors (Lipinski definition) is 5. The van der Waals surface area contributed by atoms with Crippen LogP contribution in [0.5, 0.6) is 0 Å². The first-order chi connectivity index (χ1) is 9.10. The monoisotopic (exact) mass is 315 g/mol. The summed E-state index contributed by atoms with van der Waals surface area (Å²) in [5.41, 5.74) is 12.9. The van der Waals surface area contributed by atoms with E-state index in [0.29, 0.717) is 0 Å². The summed E-state index contributed by atoms with van der Waals surface area (Å²) >= 11 is 3.42. The average Bonchev–Trinajstić information content (AvgIpc) is 2.38. The van der Waals surface area contributed by atoms with Gasteiger partial charge in [0.1, 0.15) is 11.6 Å². The molecule has 5 N–H and O–H groups in total. The van der Waals surface area contributed by atoms with Crippen LogP contribution in [0.4, 0.5) is 0 Å². The molecule has 5 nitrogen and oxygen atoms in total. The van der Waals surface area contributed by atoms with Gasteiger partial charge in [0.05, 0.1) is 29.2 Å². The van der Waals surface area contributed by atoms with Gasteiger partial charge >= 0.3 is 0 Å². The second-order valence-electron chi connectivity index (χ2n) is 3.96. The Bertz CT molecular complexity index is 639. The highest BCUT2D eigenvalue weighted by Crippen LogP contribution is 2.38. The summed E-state index contributed by atoms with van der Waals surface area (Å²) in [5.74, 6) is -0.189. The highest BCUT2D eigenvalue weighted by molar-refractivity contribution is 9.10. The van der Waals surface area contributed by atoms with Gasteiger partial charge in [-0.05, 0) is 11.6 Å². The Labute approximate surface area is 118 Å². The molecule has 0 saturated heterocycles. The molecular weight excluding hydrogens is 306 g/mol. The molecule has 1 aliphatic heterocycles. The van der Waals surface area contributed by atoms with Crippen LogP contribution in [0.2, 0.25) is 0 Å². The van der Waals surface area contributed by atoms with Gasteiger partial charge in [0.25, 0.3) is 0 Å². The summed E-state index contributed by atoms with van der Waals surface area (Å²) in [6.45, 7) is 0. The van der Waals surface area contributed by atoms with E-state index in [4.69, 9.17) is 11.5 Å². The standard InChI is InChI=1S/C13H10BrN5/c14-10-4-2-1-3-7(10)11-8(5-15)12(17)19-13(18)9(11)6-16/h1-4,11,19H,17-18H2. The topological polar surface area (TPSA) is 112 Å². The average molecular weight is 316 g/mol. The third-order valence-corrected chi connectivity index (χ3v) is 3.61. The van der Waals surface area contributed by atoms with Gasteiger partial charge in [0.2, 0.25) is 0 Å². The highest BCUT2D eigenvalue weighted by Gasteiger charge is 2.31. The molecule has 1 aromatic rings. The highest BCUT2D eigenvalue weighted by atomic mass is 79.9. The molecule has 0 saturated carbocycles. The third-order valence-electron chi connectivity index (χ3n) is 2.88. The van der Waals surface area contributed by atoms with Crippen LogP contribution >= 0.6 is 15.9 Å². The number of nitrogens with one attached hydrogen (secondary N) is 1. The van der Waals surface area contributed by atoms with E-state index < -0.39 is 5.92 Å². The first kappa shape index (κ1) is 13.0. The van der Waals surface area contributed by atoms with Crippen LogP contribution in [0.15, 0.2) is 51.5 Å². The van der Waals surface area contributed by atoms with Crippen molar-refractivity contribution in [2.24, 2.45) is 11.5 Å². The van der Waals surface area contributed by atoms with Crippen LogP contribution in [-0.2, 0) is 0 Å². The van der Waals surface area contributed by atoms with Crippen molar-refractivity contribution < 1.29 is 0 Å². The van der Waals surface area contributed by atoms with E-state index in [-0.39, 0.29) is 22.8 Å². The lowest BCUT2D eigenvalue weighted by atomic mass is 9.83. The van der Waals surface area contributed by atoms with Crippen LogP contribution in [-0.4, -0.2) is 0 Å². The number of rotatable bonds is 1. The first-order valence-electron chi connectivity index (χ1n) is 5.41. The van der Waals surface area contributed by atoms with E-state index >= 15 is 0 Å². The number of benzene rings is 1. The Morgan fingerprint density at radius 3 is 2.05 bits per heavy atom. The summed E-state index contributed by atoms with van der Waals surface area (Å²) in [5, 5.41) is 21.2. The fourth-order valence-electron chi connectivity index (χ4n) is 2.00. The molecule has 0 fully saturated rings. The first-order valence-corrected chi connectivity index (χ1v) is 6.20. The van der Waals surface area contributed by atoms with Gasteiger partial charge in [-0.2, -0.15) is 10.5 Å². The number of nitriles is 2. The molecule has 19 heavy (non-hydrogen) atoms. The number of dihydropyridines is 1. The van der Waals surface area contributed by atoms with E-state index in [1.165, 1.54) is 0 Å². The van der Waals surface area contributed by atoms with E-state index in [0.717, 1.165) is 10.0 Å². The van der Waals surface area contributed by atoms with Crippen molar-refractivity contribution >= 4 is 15.9 Å². The summed E-state index contributed by atoms with van der Waals surface area (Å²) in [4.78, 5) is 0. The summed E-state index contributed by atoms with van der Waals surface area (Å²) < 4.78 is 0.794. The molecule has 0 aliphatic carbocycles. The van der Waals surface area contributed by atoms with Crippen molar-refractivity contribution in [2.75, 3.05) is 0 Å². The van der Waals surface area contributed by atoms with Crippen LogP contribution in [0.1, 0.15) is 11.5 Å². The van der Waals surface area contributed by atoms with Gasteiger partial charge in [0, 0.05) is 4.47 Å². The molecular formula is C13H10BrN5. The second-order valence-corrected chi connectivity index (χ2v) is 4.81. The minimum absolute atomic E-state index is 0.180. The lowest BCUT2D eigenvalue weighted by Crippen LogP contribution is -2.34. The van der Waals surface area contributed by atoms with Crippen LogP contribution in [0.25, 0.3) is 0 Å². The number of hydrogen-bond donors (Lipinski definition) is 3. The minimum Gasteiger partial charge on any atom is -0.384 e. The second kappa shape index (κ2) is 5.05. The van der Waals surface area contributed by atoms with Gasteiger partial charge in [-0.3, -0.25) is 0 Å². The Morgan fingerprint density at radius 2 is 1.58 bits per heavy atom. The van der Waals surface area contributed by atoms with Crippen molar-refractivity contribution in [1.29, 1.82) is 10.5 Å². The molecule has 0 amide bonds. The van der Waals surface area contributed by atoms with Gasteiger partial charge in [-0.15, -0.1) is 0 Å². The molecule has 2 rings (SSSR count). The van der Waals surface area contributed by atoms with Crippen LogP contribution in [0, 0.1) is 22.7 Å².